The Labute approximate surface area is 413 Å². The highest BCUT2D eigenvalue weighted by Gasteiger charge is 2.56. The SMILES string of the molecule is C=CCN(C)C1(c2ccccc2)CCC2(CC1)CN(Cc1ccc(OC)cc1)C(=O)N2CC1CCC1.CNC1(c2ccccc2)CCC2(CC1)CN(Cc1ccc(OC)cc1)C(=O)N2CC1CCC1. The van der Waals surface area contributed by atoms with E-state index in [1.807, 2.05) is 30.3 Å². The Kier molecular flexibility index (Phi) is 14.8. The highest BCUT2D eigenvalue weighted by molar-refractivity contribution is 5.79. The zero-order valence-electron chi connectivity index (χ0n) is 42.0. The molecule has 10 rings (SSSR count). The van der Waals surface area contributed by atoms with Crippen molar-refractivity contribution in [3.8, 4) is 11.5 Å². The molecule has 4 aromatic rings. The van der Waals surface area contributed by atoms with E-state index in [4.69, 9.17) is 9.47 Å². The van der Waals surface area contributed by atoms with Crippen molar-refractivity contribution in [1.29, 1.82) is 0 Å². The zero-order valence-corrected chi connectivity index (χ0v) is 42.0. The summed E-state index contributed by atoms with van der Waals surface area (Å²) in [6.45, 7) is 9.69. The maximum atomic E-state index is 13.9. The van der Waals surface area contributed by atoms with Crippen LogP contribution in [0.25, 0.3) is 0 Å². The van der Waals surface area contributed by atoms with Crippen LogP contribution in [0.1, 0.15) is 112 Å². The summed E-state index contributed by atoms with van der Waals surface area (Å²) in [6, 6.07) is 38.5. The molecule has 0 aromatic heterocycles. The number of carbonyl (C=O) groups is 2. The van der Waals surface area contributed by atoms with E-state index < -0.39 is 0 Å². The number of nitrogens with one attached hydrogen (secondary N) is 1. The normalized spacial score (nSPS) is 27.1. The maximum absolute atomic E-state index is 13.9. The number of urea groups is 2. The summed E-state index contributed by atoms with van der Waals surface area (Å²) in [5.41, 5.74) is 4.93. The highest BCUT2D eigenvalue weighted by Crippen LogP contribution is 2.51. The number of benzene rings is 4. The van der Waals surface area contributed by atoms with Gasteiger partial charge < -0.3 is 34.4 Å². The molecule has 2 saturated heterocycles. The molecule has 4 saturated carbocycles. The van der Waals surface area contributed by atoms with Gasteiger partial charge in [-0.05, 0) is 150 Å². The van der Waals surface area contributed by atoms with Crippen LogP contribution < -0.4 is 14.8 Å². The Morgan fingerprint density at radius 1 is 0.609 bits per heavy atom. The molecule has 2 spiro atoms. The number of methoxy groups -OCH3 is 2. The van der Waals surface area contributed by atoms with Gasteiger partial charge in [0.15, 0.2) is 0 Å². The largest absolute Gasteiger partial charge is 0.497 e. The van der Waals surface area contributed by atoms with Crippen molar-refractivity contribution in [3.05, 3.63) is 144 Å². The van der Waals surface area contributed by atoms with Gasteiger partial charge in [-0.25, -0.2) is 9.59 Å². The van der Waals surface area contributed by atoms with Crippen LogP contribution >= 0.6 is 0 Å². The Balaban J connectivity index is 0.000000172. The fourth-order valence-corrected chi connectivity index (χ4v) is 12.9. The van der Waals surface area contributed by atoms with Crippen molar-refractivity contribution in [2.45, 2.75) is 125 Å². The van der Waals surface area contributed by atoms with Crippen LogP contribution in [0.5, 0.6) is 11.5 Å². The first-order valence-electron chi connectivity index (χ1n) is 26.1. The lowest BCUT2D eigenvalue weighted by molar-refractivity contribution is 0.00970. The second-order valence-electron chi connectivity index (χ2n) is 21.5. The third-order valence-corrected chi connectivity index (χ3v) is 17.8. The van der Waals surface area contributed by atoms with Crippen molar-refractivity contribution in [1.82, 2.24) is 29.8 Å². The molecule has 69 heavy (non-hydrogen) atoms. The maximum Gasteiger partial charge on any atom is 0.320 e. The molecule has 0 atom stereocenters. The average Bonchev–Trinajstić information content (AvgIpc) is 3.76. The van der Waals surface area contributed by atoms with Gasteiger partial charge in [0.25, 0.3) is 0 Å². The van der Waals surface area contributed by atoms with Crippen LogP contribution in [-0.4, -0.2) is 109 Å². The topological polar surface area (TPSA) is 80.8 Å². The van der Waals surface area contributed by atoms with Crippen molar-refractivity contribution < 1.29 is 19.1 Å². The van der Waals surface area contributed by atoms with E-state index in [0.717, 1.165) is 107 Å². The lowest BCUT2D eigenvalue weighted by Crippen LogP contribution is -2.57. The van der Waals surface area contributed by atoms with E-state index in [1.54, 1.807) is 14.2 Å². The molecule has 0 unspecified atom stereocenters. The smallest absolute Gasteiger partial charge is 0.320 e. The first kappa shape index (κ1) is 48.7. The molecule has 4 aliphatic carbocycles. The van der Waals surface area contributed by atoms with Gasteiger partial charge in [-0.15, -0.1) is 6.58 Å². The number of carbonyl (C=O) groups excluding carboxylic acids is 2. The van der Waals surface area contributed by atoms with Gasteiger partial charge in [-0.3, -0.25) is 4.90 Å². The van der Waals surface area contributed by atoms with Gasteiger partial charge in [0.1, 0.15) is 11.5 Å². The summed E-state index contributed by atoms with van der Waals surface area (Å²) in [6.07, 6.45) is 18.0. The second-order valence-corrected chi connectivity index (χ2v) is 21.5. The van der Waals surface area contributed by atoms with Gasteiger partial charge in [0, 0.05) is 56.9 Å². The molecule has 10 nitrogen and oxygen atoms in total. The van der Waals surface area contributed by atoms with E-state index in [0.29, 0.717) is 24.9 Å². The number of hydrogen-bond donors (Lipinski definition) is 1. The molecule has 6 fully saturated rings. The zero-order chi connectivity index (χ0) is 48.1. The van der Waals surface area contributed by atoms with Crippen LogP contribution in [0, 0.1) is 11.8 Å². The summed E-state index contributed by atoms with van der Waals surface area (Å²) >= 11 is 0. The fraction of sp³-hybridized carbons (Fsp3) is 0.525. The van der Waals surface area contributed by atoms with Gasteiger partial charge in [0.05, 0.1) is 25.3 Å². The minimum atomic E-state index is -0.0769. The molecular formula is C59H78N6O4. The van der Waals surface area contributed by atoms with E-state index in [2.05, 4.69) is 135 Å². The Bertz CT molecular complexity index is 2320. The molecule has 4 aromatic carbocycles. The molecule has 6 aliphatic rings. The number of ether oxygens (including phenoxy) is 2. The first-order valence-corrected chi connectivity index (χ1v) is 26.1. The number of hydrogen-bond acceptors (Lipinski definition) is 6. The molecule has 2 heterocycles. The molecule has 2 aliphatic heterocycles. The molecule has 0 radical (unpaired) electrons. The number of rotatable bonds is 16. The minimum Gasteiger partial charge on any atom is -0.497 e. The van der Waals surface area contributed by atoms with E-state index in [-0.39, 0.29) is 34.2 Å². The first-order chi connectivity index (χ1) is 33.6. The number of nitrogens with zero attached hydrogens (tertiary/aromatic N) is 5. The van der Waals surface area contributed by atoms with E-state index in [9.17, 15) is 9.59 Å². The van der Waals surface area contributed by atoms with Crippen LogP contribution in [0.15, 0.2) is 122 Å². The molecule has 0 bridgehead atoms. The van der Waals surface area contributed by atoms with Crippen LogP contribution in [-0.2, 0) is 24.2 Å². The highest BCUT2D eigenvalue weighted by atomic mass is 16.5. The lowest BCUT2D eigenvalue weighted by Gasteiger charge is -2.52. The fourth-order valence-electron chi connectivity index (χ4n) is 12.9. The van der Waals surface area contributed by atoms with Gasteiger partial charge in [-0.1, -0.05) is 104 Å². The van der Waals surface area contributed by atoms with Gasteiger partial charge in [0.2, 0.25) is 0 Å². The standard InChI is InChI=1S/C31H41N3O2.C28H37N3O2/c1-4-21-32(2)31(27-11-6-5-7-12-27)19-17-30(18-20-31)24-33(22-26-13-15-28(36-3)16-14-26)29(35)34(30)23-25-9-8-10-25;1-29-28(24-9-4-3-5-10-24)17-15-27(16-18-28)21-30(19-23-11-13-25(33-2)14-12-23)26(32)31(27)20-22-7-6-8-22/h4-7,11-16,25H,1,8-10,17-24H2,2-3H3;3-5,9-14,22,29H,6-8,15-21H2,1-2H3. The second kappa shape index (κ2) is 21.0. The molecule has 1 N–H and O–H groups in total. The number of likely N-dealkylation sites (N-methyl/N-ethyl adjacent to an activating group) is 1. The van der Waals surface area contributed by atoms with Crippen LogP contribution in [0.3, 0.4) is 0 Å². The predicted octanol–water partition coefficient (Wildman–Crippen LogP) is 11.2. The third-order valence-electron chi connectivity index (χ3n) is 17.8. The third kappa shape index (κ3) is 9.90. The van der Waals surface area contributed by atoms with Crippen molar-refractivity contribution in [2.75, 3.05) is 61.0 Å². The van der Waals surface area contributed by atoms with Gasteiger partial charge in [-0.2, -0.15) is 0 Å². The molecule has 368 valence electrons. The van der Waals surface area contributed by atoms with Gasteiger partial charge >= 0.3 is 12.1 Å². The Hall–Kier alpha value is -5.32. The summed E-state index contributed by atoms with van der Waals surface area (Å²) in [7, 11) is 7.69. The van der Waals surface area contributed by atoms with Crippen LogP contribution in [0.2, 0.25) is 0 Å². The van der Waals surface area contributed by atoms with Crippen LogP contribution in [0.4, 0.5) is 9.59 Å². The van der Waals surface area contributed by atoms with Crippen molar-refractivity contribution in [2.24, 2.45) is 11.8 Å². The molecule has 4 amide bonds. The average molecular weight is 935 g/mol. The minimum absolute atomic E-state index is 0.00109. The monoisotopic (exact) mass is 935 g/mol. The van der Waals surface area contributed by atoms with E-state index in [1.165, 1.54) is 49.7 Å². The summed E-state index contributed by atoms with van der Waals surface area (Å²) in [5.74, 6) is 3.04. The predicted molar refractivity (Wildman–Crippen MR) is 276 cm³/mol. The van der Waals surface area contributed by atoms with Crippen molar-refractivity contribution >= 4 is 12.1 Å². The lowest BCUT2D eigenvalue weighted by atomic mass is 9.67. The quantitative estimate of drug-likeness (QED) is 0.113. The summed E-state index contributed by atoms with van der Waals surface area (Å²) < 4.78 is 10.6. The summed E-state index contributed by atoms with van der Waals surface area (Å²) in [4.78, 5) is 38.8. The summed E-state index contributed by atoms with van der Waals surface area (Å²) in [5, 5.41) is 3.66. The number of amides is 4. The van der Waals surface area contributed by atoms with E-state index >= 15 is 0 Å². The molecule has 10 heteroatoms. The Morgan fingerprint density at radius 2 is 1.03 bits per heavy atom. The Morgan fingerprint density at radius 3 is 1.41 bits per heavy atom. The molecular weight excluding hydrogens is 857 g/mol. The van der Waals surface area contributed by atoms with Crippen molar-refractivity contribution in [3.63, 3.8) is 0 Å².